The van der Waals surface area contributed by atoms with Crippen LogP contribution in [0.2, 0.25) is 0 Å². The molecule has 5 heteroatoms. The van der Waals surface area contributed by atoms with Gasteiger partial charge in [-0.2, -0.15) is 0 Å². The average molecular weight is 280 g/mol. The number of hydrogen-bond donors (Lipinski definition) is 1. The standard InChI is InChI=1S/C15H24N2O3/c1-2-3-6-9-16-13(18)10-17-14(19)11-7-4-5-8-12(11)15(17)20/h11-12H,2-10H2,1H3,(H,16,18). The molecule has 2 fully saturated rings. The second-order valence-electron chi connectivity index (χ2n) is 5.82. The largest absolute Gasteiger partial charge is 0.355 e. The summed E-state index contributed by atoms with van der Waals surface area (Å²) in [6.07, 6.45) is 6.73. The quantitative estimate of drug-likeness (QED) is 0.592. The molecule has 2 atom stereocenters. The van der Waals surface area contributed by atoms with Crippen LogP contribution in [0.1, 0.15) is 51.9 Å². The first kappa shape index (κ1) is 15.0. The number of nitrogens with zero attached hydrogens (tertiary/aromatic N) is 1. The molecule has 0 aromatic heterocycles. The van der Waals surface area contributed by atoms with Crippen LogP contribution in [0.3, 0.4) is 0 Å². The Morgan fingerprint density at radius 1 is 1.15 bits per heavy atom. The van der Waals surface area contributed by atoms with E-state index in [1.165, 1.54) is 4.90 Å². The molecule has 0 radical (unpaired) electrons. The minimum atomic E-state index is -0.221. The molecule has 1 saturated heterocycles. The minimum absolute atomic E-state index is 0.100. The van der Waals surface area contributed by atoms with Gasteiger partial charge in [0.2, 0.25) is 17.7 Å². The van der Waals surface area contributed by atoms with E-state index in [0.29, 0.717) is 6.54 Å². The number of carbonyl (C=O) groups excluding carboxylic acids is 3. The summed E-state index contributed by atoms with van der Waals surface area (Å²) in [6, 6.07) is 0. The lowest BCUT2D eigenvalue weighted by molar-refractivity contribution is -0.143. The lowest BCUT2D eigenvalue weighted by Crippen LogP contribution is -2.41. The fourth-order valence-corrected chi connectivity index (χ4v) is 3.19. The predicted octanol–water partition coefficient (Wildman–Crippen LogP) is 1.47. The van der Waals surface area contributed by atoms with Gasteiger partial charge in [-0.3, -0.25) is 19.3 Å². The highest BCUT2D eigenvalue weighted by Crippen LogP contribution is 2.37. The van der Waals surface area contributed by atoms with E-state index in [1.807, 2.05) is 0 Å². The molecule has 20 heavy (non-hydrogen) atoms. The SMILES string of the molecule is CCCCCNC(=O)CN1C(=O)C2CCCCC2C1=O. The third-order valence-corrected chi connectivity index (χ3v) is 4.34. The second kappa shape index (κ2) is 6.86. The van der Waals surface area contributed by atoms with Crippen LogP contribution < -0.4 is 5.32 Å². The van der Waals surface area contributed by atoms with E-state index < -0.39 is 0 Å². The first-order valence-electron chi connectivity index (χ1n) is 7.77. The van der Waals surface area contributed by atoms with Gasteiger partial charge in [0.1, 0.15) is 6.54 Å². The predicted molar refractivity (Wildman–Crippen MR) is 74.7 cm³/mol. The maximum atomic E-state index is 12.2. The summed E-state index contributed by atoms with van der Waals surface area (Å²) in [7, 11) is 0. The van der Waals surface area contributed by atoms with Crippen molar-refractivity contribution in [2.24, 2.45) is 11.8 Å². The van der Waals surface area contributed by atoms with E-state index in [9.17, 15) is 14.4 Å². The fourth-order valence-electron chi connectivity index (χ4n) is 3.19. The summed E-state index contributed by atoms with van der Waals surface area (Å²) in [5.74, 6) is -0.818. The van der Waals surface area contributed by atoms with Crippen molar-refractivity contribution >= 4 is 17.7 Å². The summed E-state index contributed by atoms with van der Waals surface area (Å²) < 4.78 is 0. The van der Waals surface area contributed by atoms with Crippen LogP contribution in [-0.2, 0) is 14.4 Å². The maximum Gasteiger partial charge on any atom is 0.240 e. The molecule has 0 aromatic carbocycles. The Labute approximate surface area is 120 Å². The number of unbranched alkanes of at least 4 members (excludes halogenated alkanes) is 2. The summed E-state index contributed by atoms with van der Waals surface area (Å²) in [6.45, 7) is 2.62. The number of fused-ring (bicyclic) bond motifs is 1. The molecule has 3 amide bonds. The summed E-state index contributed by atoms with van der Waals surface area (Å²) >= 11 is 0. The van der Waals surface area contributed by atoms with Gasteiger partial charge in [0.15, 0.2) is 0 Å². The molecule has 1 saturated carbocycles. The maximum absolute atomic E-state index is 12.2. The highest BCUT2D eigenvalue weighted by Gasteiger charge is 2.48. The topological polar surface area (TPSA) is 66.5 Å². The average Bonchev–Trinajstić information content (AvgIpc) is 2.69. The first-order chi connectivity index (χ1) is 9.65. The Kier molecular flexibility index (Phi) is 5.15. The highest BCUT2D eigenvalue weighted by molar-refractivity contribution is 6.07. The summed E-state index contributed by atoms with van der Waals surface area (Å²) in [5.41, 5.74) is 0. The number of imide groups is 1. The van der Waals surface area contributed by atoms with Gasteiger partial charge >= 0.3 is 0 Å². The fraction of sp³-hybridized carbons (Fsp3) is 0.800. The van der Waals surface area contributed by atoms with Gasteiger partial charge in [-0.15, -0.1) is 0 Å². The molecular weight excluding hydrogens is 256 g/mol. The smallest absolute Gasteiger partial charge is 0.240 e. The van der Waals surface area contributed by atoms with E-state index in [-0.39, 0.29) is 36.1 Å². The third-order valence-electron chi connectivity index (χ3n) is 4.34. The Hall–Kier alpha value is -1.39. The molecule has 1 aliphatic heterocycles. The van der Waals surface area contributed by atoms with Gasteiger partial charge < -0.3 is 5.32 Å². The van der Waals surface area contributed by atoms with E-state index in [0.717, 1.165) is 44.9 Å². The number of nitrogens with one attached hydrogen (secondary N) is 1. The van der Waals surface area contributed by atoms with Crippen molar-refractivity contribution in [1.82, 2.24) is 10.2 Å². The Morgan fingerprint density at radius 3 is 2.30 bits per heavy atom. The van der Waals surface area contributed by atoms with Crippen molar-refractivity contribution in [2.75, 3.05) is 13.1 Å². The van der Waals surface area contributed by atoms with Gasteiger partial charge in [-0.1, -0.05) is 32.6 Å². The number of amides is 3. The zero-order chi connectivity index (χ0) is 14.5. The molecule has 2 rings (SSSR count). The molecule has 1 heterocycles. The van der Waals surface area contributed by atoms with E-state index in [4.69, 9.17) is 0 Å². The highest BCUT2D eigenvalue weighted by atomic mass is 16.2. The third kappa shape index (κ3) is 3.19. The molecule has 5 nitrogen and oxygen atoms in total. The molecule has 1 aliphatic carbocycles. The van der Waals surface area contributed by atoms with Gasteiger partial charge in [-0.25, -0.2) is 0 Å². The van der Waals surface area contributed by atoms with Gasteiger partial charge in [0.05, 0.1) is 11.8 Å². The van der Waals surface area contributed by atoms with Crippen molar-refractivity contribution in [3.63, 3.8) is 0 Å². The van der Waals surface area contributed by atoms with Gasteiger partial charge in [-0.05, 0) is 19.3 Å². The van der Waals surface area contributed by atoms with Crippen LogP contribution in [0.4, 0.5) is 0 Å². The molecule has 1 N–H and O–H groups in total. The van der Waals surface area contributed by atoms with E-state index in [1.54, 1.807) is 0 Å². The van der Waals surface area contributed by atoms with Crippen LogP contribution in [0, 0.1) is 11.8 Å². The first-order valence-corrected chi connectivity index (χ1v) is 7.77. The molecular formula is C15H24N2O3. The van der Waals surface area contributed by atoms with Crippen molar-refractivity contribution in [2.45, 2.75) is 51.9 Å². The number of likely N-dealkylation sites (tertiary alicyclic amines) is 1. The molecule has 0 bridgehead atoms. The number of carbonyl (C=O) groups is 3. The lowest BCUT2D eigenvalue weighted by atomic mass is 9.81. The Morgan fingerprint density at radius 2 is 1.75 bits per heavy atom. The van der Waals surface area contributed by atoms with Crippen LogP contribution in [0.5, 0.6) is 0 Å². The zero-order valence-electron chi connectivity index (χ0n) is 12.2. The lowest BCUT2D eigenvalue weighted by Gasteiger charge is -2.19. The van der Waals surface area contributed by atoms with Crippen molar-refractivity contribution in [3.05, 3.63) is 0 Å². The van der Waals surface area contributed by atoms with Gasteiger partial charge in [0, 0.05) is 6.54 Å². The van der Waals surface area contributed by atoms with E-state index >= 15 is 0 Å². The second-order valence-corrected chi connectivity index (χ2v) is 5.82. The van der Waals surface area contributed by atoms with Gasteiger partial charge in [0.25, 0.3) is 0 Å². The van der Waals surface area contributed by atoms with Crippen molar-refractivity contribution in [3.8, 4) is 0 Å². The molecule has 2 unspecified atom stereocenters. The Balaban J connectivity index is 1.84. The number of rotatable bonds is 6. The summed E-state index contributed by atoms with van der Waals surface area (Å²) in [5, 5.41) is 2.78. The van der Waals surface area contributed by atoms with E-state index in [2.05, 4.69) is 12.2 Å². The van der Waals surface area contributed by atoms with Crippen LogP contribution in [0.25, 0.3) is 0 Å². The van der Waals surface area contributed by atoms with Crippen molar-refractivity contribution < 1.29 is 14.4 Å². The van der Waals surface area contributed by atoms with Crippen LogP contribution >= 0.6 is 0 Å². The zero-order valence-corrected chi connectivity index (χ0v) is 12.2. The summed E-state index contributed by atoms with van der Waals surface area (Å²) in [4.78, 5) is 37.4. The monoisotopic (exact) mass is 280 g/mol. The normalized spacial score (nSPS) is 25.8. The molecule has 112 valence electrons. The van der Waals surface area contributed by atoms with Crippen LogP contribution in [0.15, 0.2) is 0 Å². The van der Waals surface area contributed by atoms with Crippen LogP contribution in [-0.4, -0.2) is 35.7 Å². The van der Waals surface area contributed by atoms with Crippen molar-refractivity contribution in [1.29, 1.82) is 0 Å². The molecule has 2 aliphatic rings. The number of hydrogen-bond acceptors (Lipinski definition) is 3. The molecule has 0 aromatic rings. The molecule has 0 spiro atoms. The minimum Gasteiger partial charge on any atom is -0.355 e. The Bertz CT molecular complexity index is 371.